The molecule has 138 valence electrons. The molecule has 4 nitrogen and oxygen atoms in total. The van der Waals surface area contributed by atoms with Crippen molar-refractivity contribution in [1.29, 1.82) is 0 Å². The second-order valence-corrected chi connectivity index (χ2v) is 6.45. The molecule has 3 rings (SSSR count). The van der Waals surface area contributed by atoms with Gasteiger partial charge in [-0.15, -0.1) is 0 Å². The van der Waals surface area contributed by atoms with Gasteiger partial charge in [0.25, 0.3) is 0 Å². The molecular weight excluding hydrogens is 338 g/mol. The number of hydrogen-bond donors (Lipinski definition) is 2. The SMILES string of the molecule is COc1ccc2c(c1)C[C@H](NCCC(=O)Nc1cc(F)ccc1F)CC2. The number of benzene rings is 2. The summed E-state index contributed by atoms with van der Waals surface area (Å²) in [6.07, 6.45) is 3.06. The van der Waals surface area contributed by atoms with Crippen molar-refractivity contribution in [3.63, 3.8) is 0 Å². The molecule has 0 fully saturated rings. The lowest BCUT2D eigenvalue weighted by atomic mass is 9.88. The highest BCUT2D eigenvalue weighted by atomic mass is 19.1. The van der Waals surface area contributed by atoms with Gasteiger partial charge in [-0.05, 0) is 54.7 Å². The quantitative estimate of drug-likeness (QED) is 0.830. The molecule has 1 aliphatic rings. The van der Waals surface area contributed by atoms with Gasteiger partial charge in [0, 0.05) is 25.1 Å². The van der Waals surface area contributed by atoms with Crippen LogP contribution in [0.4, 0.5) is 14.5 Å². The zero-order chi connectivity index (χ0) is 18.5. The summed E-state index contributed by atoms with van der Waals surface area (Å²) in [5.74, 6) is -0.734. The second-order valence-electron chi connectivity index (χ2n) is 6.45. The minimum absolute atomic E-state index is 0.131. The van der Waals surface area contributed by atoms with Crippen molar-refractivity contribution in [2.24, 2.45) is 0 Å². The highest BCUT2D eigenvalue weighted by molar-refractivity contribution is 5.90. The predicted molar refractivity (Wildman–Crippen MR) is 96.4 cm³/mol. The van der Waals surface area contributed by atoms with Gasteiger partial charge < -0.3 is 15.4 Å². The molecule has 26 heavy (non-hydrogen) atoms. The van der Waals surface area contributed by atoms with E-state index in [0.29, 0.717) is 6.54 Å². The molecule has 0 radical (unpaired) electrons. The number of hydrogen-bond acceptors (Lipinski definition) is 3. The van der Waals surface area contributed by atoms with Gasteiger partial charge in [0.15, 0.2) is 0 Å². The fourth-order valence-electron chi connectivity index (χ4n) is 3.23. The van der Waals surface area contributed by atoms with Crippen LogP contribution >= 0.6 is 0 Å². The van der Waals surface area contributed by atoms with Crippen LogP contribution in [0.2, 0.25) is 0 Å². The molecule has 0 unspecified atom stereocenters. The van der Waals surface area contributed by atoms with Crippen LogP contribution in [0.5, 0.6) is 5.75 Å². The Bertz CT molecular complexity index is 795. The number of methoxy groups -OCH3 is 1. The Balaban J connectivity index is 1.47. The fraction of sp³-hybridized carbons (Fsp3) is 0.350. The maximum absolute atomic E-state index is 13.5. The Morgan fingerprint density at radius 3 is 2.85 bits per heavy atom. The second kappa shape index (κ2) is 8.27. The molecule has 6 heteroatoms. The monoisotopic (exact) mass is 360 g/mol. The molecule has 2 N–H and O–H groups in total. The number of anilines is 1. The molecule has 0 aromatic heterocycles. The largest absolute Gasteiger partial charge is 0.497 e. The summed E-state index contributed by atoms with van der Waals surface area (Å²) in [6, 6.07) is 9.41. The number of carbonyl (C=O) groups is 1. The van der Waals surface area contributed by atoms with E-state index in [9.17, 15) is 13.6 Å². The van der Waals surface area contributed by atoms with Gasteiger partial charge in [0.2, 0.25) is 5.91 Å². The molecule has 1 atom stereocenters. The number of aryl methyl sites for hydroxylation is 1. The first kappa shape index (κ1) is 18.3. The molecule has 2 aromatic rings. The summed E-state index contributed by atoms with van der Waals surface area (Å²) < 4.78 is 31.9. The molecule has 0 spiro atoms. The van der Waals surface area contributed by atoms with E-state index < -0.39 is 11.6 Å². The van der Waals surface area contributed by atoms with E-state index in [-0.39, 0.29) is 24.1 Å². The van der Waals surface area contributed by atoms with Crippen molar-refractivity contribution < 1.29 is 18.3 Å². The number of ether oxygens (including phenoxy) is 1. The third-order valence-corrected chi connectivity index (χ3v) is 4.63. The van der Waals surface area contributed by atoms with Gasteiger partial charge in [-0.1, -0.05) is 6.07 Å². The van der Waals surface area contributed by atoms with Crippen molar-refractivity contribution in [2.45, 2.75) is 31.7 Å². The average Bonchev–Trinajstić information content (AvgIpc) is 2.64. The van der Waals surface area contributed by atoms with E-state index in [1.165, 1.54) is 11.1 Å². The van der Waals surface area contributed by atoms with Crippen LogP contribution in [0, 0.1) is 11.6 Å². The molecule has 0 aliphatic heterocycles. The van der Waals surface area contributed by atoms with Crippen molar-refractivity contribution in [3.8, 4) is 5.75 Å². The standard InChI is InChI=1S/C20H22F2N2O2/c1-26-17-6-3-13-2-5-16(10-14(13)11-17)23-9-8-20(25)24-19-12-15(21)4-7-18(19)22/h3-4,6-7,11-12,16,23H,2,5,8-10H2,1H3,(H,24,25)/t16-/m1/s1. The number of fused-ring (bicyclic) bond motifs is 1. The molecule has 0 saturated carbocycles. The van der Waals surface area contributed by atoms with Crippen molar-refractivity contribution in [2.75, 3.05) is 19.0 Å². The summed E-state index contributed by atoms with van der Waals surface area (Å²) in [7, 11) is 1.65. The number of nitrogens with one attached hydrogen (secondary N) is 2. The van der Waals surface area contributed by atoms with E-state index in [1.54, 1.807) is 7.11 Å². The zero-order valence-corrected chi connectivity index (χ0v) is 14.6. The Hall–Kier alpha value is -2.47. The van der Waals surface area contributed by atoms with Crippen LogP contribution in [-0.2, 0) is 17.6 Å². The van der Waals surface area contributed by atoms with Crippen molar-refractivity contribution in [1.82, 2.24) is 5.32 Å². The van der Waals surface area contributed by atoms with E-state index >= 15 is 0 Å². The maximum atomic E-state index is 13.5. The van der Waals surface area contributed by atoms with E-state index in [0.717, 1.165) is 43.2 Å². The minimum Gasteiger partial charge on any atom is -0.497 e. The minimum atomic E-state index is -0.648. The van der Waals surface area contributed by atoms with Crippen molar-refractivity contribution in [3.05, 3.63) is 59.2 Å². The van der Waals surface area contributed by atoms with Crippen LogP contribution < -0.4 is 15.4 Å². The lowest BCUT2D eigenvalue weighted by molar-refractivity contribution is -0.116. The molecular formula is C20H22F2N2O2. The van der Waals surface area contributed by atoms with Gasteiger partial charge in [0.05, 0.1) is 12.8 Å². The number of halogens is 2. The smallest absolute Gasteiger partial charge is 0.225 e. The van der Waals surface area contributed by atoms with Crippen LogP contribution in [-0.4, -0.2) is 25.6 Å². The highest BCUT2D eigenvalue weighted by Crippen LogP contribution is 2.25. The molecule has 1 aliphatic carbocycles. The fourth-order valence-corrected chi connectivity index (χ4v) is 3.23. The topological polar surface area (TPSA) is 50.4 Å². The van der Waals surface area contributed by atoms with Crippen LogP contribution in [0.25, 0.3) is 0 Å². The molecule has 2 aromatic carbocycles. The summed E-state index contributed by atoms with van der Waals surface area (Å²) in [5.41, 5.74) is 2.47. The third-order valence-electron chi connectivity index (χ3n) is 4.63. The summed E-state index contributed by atoms with van der Waals surface area (Å²) >= 11 is 0. The van der Waals surface area contributed by atoms with Gasteiger partial charge in [0.1, 0.15) is 17.4 Å². The summed E-state index contributed by atoms with van der Waals surface area (Å²) in [4.78, 5) is 11.9. The van der Waals surface area contributed by atoms with Crippen LogP contribution in [0.1, 0.15) is 24.0 Å². The highest BCUT2D eigenvalue weighted by Gasteiger charge is 2.19. The lowest BCUT2D eigenvalue weighted by Crippen LogP contribution is -2.36. The first-order chi connectivity index (χ1) is 12.5. The van der Waals surface area contributed by atoms with Crippen LogP contribution in [0.15, 0.2) is 36.4 Å². The Morgan fingerprint density at radius 1 is 1.19 bits per heavy atom. The molecule has 1 amide bonds. The first-order valence-corrected chi connectivity index (χ1v) is 8.69. The van der Waals surface area contributed by atoms with E-state index in [4.69, 9.17) is 4.74 Å². The summed E-state index contributed by atoms with van der Waals surface area (Å²) in [5, 5.41) is 5.78. The number of amides is 1. The Morgan fingerprint density at radius 2 is 2.04 bits per heavy atom. The van der Waals surface area contributed by atoms with Gasteiger partial charge in [-0.3, -0.25) is 4.79 Å². The van der Waals surface area contributed by atoms with Crippen LogP contribution in [0.3, 0.4) is 0 Å². The van der Waals surface area contributed by atoms with E-state index in [1.807, 2.05) is 6.07 Å². The average molecular weight is 360 g/mol. The molecule has 0 saturated heterocycles. The van der Waals surface area contributed by atoms with E-state index in [2.05, 4.69) is 22.8 Å². The zero-order valence-electron chi connectivity index (χ0n) is 14.6. The lowest BCUT2D eigenvalue weighted by Gasteiger charge is -2.26. The van der Waals surface area contributed by atoms with Gasteiger partial charge >= 0.3 is 0 Å². The Labute approximate surface area is 151 Å². The van der Waals surface area contributed by atoms with Gasteiger partial charge in [-0.25, -0.2) is 8.78 Å². The number of carbonyl (C=O) groups excluding carboxylic acids is 1. The van der Waals surface area contributed by atoms with Gasteiger partial charge in [-0.2, -0.15) is 0 Å². The summed E-state index contributed by atoms with van der Waals surface area (Å²) in [6.45, 7) is 0.479. The third kappa shape index (κ3) is 4.58. The first-order valence-electron chi connectivity index (χ1n) is 8.69. The normalized spacial score (nSPS) is 16.0. The Kier molecular flexibility index (Phi) is 5.83. The van der Waals surface area contributed by atoms with Crippen molar-refractivity contribution >= 4 is 11.6 Å². The molecule has 0 bridgehead atoms. The maximum Gasteiger partial charge on any atom is 0.225 e. The molecule has 0 heterocycles. The number of rotatable bonds is 6. The predicted octanol–water partition coefficient (Wildman–Crippen LogP) is 3.45.